The molecule has 0 aliphatic rings. The molecular weight excluding hydrogens is 128 g/mol. The molecule has 0 fully saturated rings. The summed E-state index contributed by atoms with van der Waals surface area (Å²) in [6.07, 6.45) is 5.69. The summed E-state index contributed by atoms with van der Waals surface area (Å²) in [5.74, 6) is 0. The number of hydrogen-bond donors (Lipinski definition) is 2. The Morgan fingerprint density at radius 3 is 1.90 bits per heavy atom. The Bertz CT molecular complexity index is 101. The molecule has 0 amide bonds. The number of rotatable bonds is 2. The Kier molecular flexibility index (Phi) is 13.6. The second-order valence-corrected chi connectivity index (χ2v) is 1.52. The SMILES string of the molecule is C/C=C\C(=C/C)CO.CO. The molecule has 0 rings (SSSR count). The molecule has 10 heavy (non-hydrogen) atoms. The van der Waals surface area contributed by atoms with Crippen molar-refractivity contribution in [3.8, 4) is 0 Å². The summed E-state index contributed by atoms with van der Waals surface area (Å²) in [5.41, 5.74) is 0.965. The first-order valence-corrected chi connectivity index (χ1v) is 3.18. The number of aliphatic hydroxyl groups excluding tert-OH is 2. The fourth-order valence-electron chi connectivity index (χ4n) is 0.454. The summed E-state index contributed by atoms with van der Waals surface area (Å²) in [6, 6.07) is 0. The van der Waals surface area contributed by atoms with Gasteiger partial charge in [-0.2, -0.15) is 0 Å². The van der Waals surface area contributed by atoms with Gasteiger partial charge in [0.1, 0.15) is 0 Å². The van der Waals surface area contributed by atoms with Gasteiger partial charge in [0, 0.05) is 7.11 Å². The van der Waals surface area contributed by atoms with Crippen molar-refractivity contribution in [1.29, 1.82) is 0 Å². The molecule has 0 saturated heterocycles. The largest absolute Gasteiger partial charge is 0.400 e. The van der Waals surface area contributed by atoms with Crippen molar-refractivity contribution in [3.63, 3.8) is 0 Å². The van der Waals surface area contributed by atoms with Crippen molar-refractivity contribution in [2.24, 2.45) is 0 Å². The van der Waals surface area contributed by atoms with Gasteiger partial charge in [0.2, 0.25) is 0 Å². The van der Waals surface area contributed by atoms with Crippen LogP contribution in [0.15, 0.2) is 23.8 Å². The van der Waals surface area contributed by atoms with E-state index in [1.807, 2.05) is 32.1 Å². The Morgan fingerprint density at radius 1 is 1.30 bits per heavy atom. The van der Waals surface area contributed by atoms with Crippen molar-refractivity contribution in [2.45, 2.75) is 13.8 Å². The maximum atomic E-state index is 8.54. The molecule has 0 spiro atoms. The molecule has 0 aliphatic heterocycles. The van der Waals surface area contributed by atoms with E-state index in [1.54, 1.807) is 0 Å². The van der Waals surface area contributed by atoms with Crippen LogP contribution in [-0.4, -0.2) is 23.9 Å². The topological polar surface area (TPSA) is 40.5 Å². The summed E-state index contributed by atoms with van der Waals surface area (Å²) in [6.45, 7) is 3.98. The molecule has 0 atom stereocenters. The van der Waals surface area contributed by atoms with Crippen LogP contribution in [0.25, 0.3) is 0 Å². The number of allylic oxidation sites excluding steroid dienone is 2. The zero-order valence-corrected chi connectivity index (χ0v) is 6.83. The highest BCUT2D eigenvalue weighted by Crippen LogP contribution is 1.92. The van der Waals surface area contributed by atoms with Gasteiger partial charge in [0.15, 0.2) is 0 Å². The van der Waals surface area contributed by atoms with E-state index < -0.39 is 0 Å². The molecule has 0 heterocycles. The summed E-state index contributed by atoms with van der Waals surface area (Å²) in [7, 11) is 1.00. The summed E-state index contributed by atoms with van der Waals surface area (Å²) < 4.78 is 0. The third kappa shape index (κ3) is 7.40. The molecular formula is C8H16O2. The molecule has 0 radical (unpaired) electrons. The van der Waals surface area contributed by atoms with Crippen molar-refractivity contribution in [1.82, 2.24) is 0 Å². The van der Waals surface area contributed by atoms with Crippen LogP contribution < -0.4 is 0 Å². The fraction of sp³-hybridized carbons (Fsp3) is 0.500. The van der Waals surface area contributed by atoms with Crippen molar-refractivity contribution >= 4 is 0 Å². The molecule has 0 saturated carbocycles. The summed E-state index contributed by atoms with van der Waals surface area (Å²) in [5, 5.41) is 15.5. The van der Waals surface area contributed by atoms with Gasteiger partial charge in [-0.3, -0.25) is 0 Å². The Labute approximate surface area is 62.5 Å². The molecule has 0 aromatic carbocycles. The van der Waals surface area contributed by atoms with E-state index in [2.05, 4.69) is 0 Å². The maximum Gasteiger partial charge on any atom is 0.0678 e. The molecule has 0 aromatic rings. The van der Waals surface area contributed by atoms with Crippen LogP contribution in [0.2, 0.25) is 0 Å². The third-order valence-electron chi connectivity index (χ3n) is 0.934. The van der Waals surface area contributed by atoms with Crippen LogP contribution in [0.1, 0.15) is 13.8 Å². The molecule has 0 unspecified atom stereocenters. The molecule has 0 aliphatic carbocycles. The van der Waals surface area contributed by atoms with E-state index in [4.69, 9.17) is 10.2 Å². The molecule has 60 valence electrons. The summed E-state index contributed by atoms with van der Waals surface area (Å²) in [4.78, 5) is 0. The van der Waals surface area contributed by atoms with Crippen LogP contribution in [-0.2, 0) is 0 Å². The van der Waals surface area contributed by atoms with Gasteiger partial charge >= 0.3 is 0 Å². The van der Waals surface area contributed by atoms with E-state index in [0.717, 1.165) is 12.7 Å². The van der Waals surface area contributed by atoms with Crippen molar-refractivity contribution in [3.05, 3.63) is 23.8 Å². The monoisotopic (exact) mass is 144 g/mol. The second kappa shape index (κ2) is 11.2. The highest BCUT2D eigenvalue weighted by molar-refractivity contribution is 5.16. The molecule has 0 aromatic heterocycles. The van der Waals surface area contributed by atoms with Crippen LogP contribution in [0.5, 0.6) is 0 Å². The Balaban J connectivity index is 0. The van der Waals surface area contributed by atoms with Gasteiger partial charge < -0.3 is 10.2 Å². The molecule has 0 bridgehead atoms. The first kappa shape index (κ1) is 12.1. The van der Waals surface area contributed by atoms with E-state index in [-0.39, 0.29) is 6.61 Å². The van der Waals surface area contributed by atoms with Crippen LogP contribution in [0, 0.1) is 0 Å². The van der Waals surface area contributed by atoms with Gasteiger partial charge in [-0.25, -0.2) is 0 Å². The average molecular weight is 144 g/mol. The third-order valence-corrected chi connectivity index (χ3v) is 0.934. The molecule has 2 N–H and O–H groups in total. The van der Waals surface area contributed by atoms with E-state index >= 15 is 0 Å². The minimum Gasteiger partial charge on any atom is -0.400 e. The normalized spacial score (nSPS) is 11.1. The minimum atomic E-state index is 0.140. The van der Waals surface area contributed by atoms with Crippen LogP contribution >= 0.6 is 0 Å². The zero-order chi connectivity index (χ0) is 8.41. The lowest BCUT2D eigenvalue weighted by atomic mass is 10.2. The molecule has 2 heteroatoms. The fourth-order valence-corrected chi connectivity index (χ4v) is 0.454. The first-order valence-electron chi connectivity index (χ1n) is 3.18. The second-order valence-electron chi connectivity index (χ2n) is 1.52. The van der Waals surface area contributed by atoms with Gasteiger partial charge in [0.05, 0.1) is 6.61 Å². The summed E-state index contributed by atoms with van der Waals surface area (Å²) >= 11 is 0. The number of aliphatic hydroxyl groups is 2. The van der Waals surface area contributed by atoms with Crippen molar-refractivity contribution in [2.75, 3.05) is 13.7 Å². The highest BCUT2D eigenvalue weighted by Gasteiger charge is 1.80. The predicted octanol–water partition coefficient (Wildman–Crippen LogP) is 1.11. The Hall–Kier alpha value is -0.600. The lowest BCUT2D eigenvalue weighted by Gasteiger charge is -1.89. The van der Waals surface area contributed by atoms with Gasteiger partial charge in [0.25, 0.3) is 0 Å². The standard InChI is InChI=1S/C7H12O.CH4O/c1-3-5-7(4-2)6-8;1-2/h3-5,8H,6H2,1-2H3;2H,1H3/b5-3-,7-4+;. The van der Waals surface area contributed by atoms with E-state index in [0.29, 0.717) is 0 Å². The van der Waals surface area contributed by atoms with Gasteiger partial charge in [-0.15, -0.1) is 0 Å². The number of hydrogen-bond acceptors (Lipinski definition) is 2. The first-order chi connectivity index (χ1) is 4.85. The lowest BCUT2D eigenvalue weighted by molar-refractivity contribution is 0.335. The smallest absolute Gasteiger partial charge is 0.0678 e. The quantitative estimate of drug-likeness (QED) is 0.570. The van der Waals surface area contributed by atoms with Crippen LogP contribution in [0.4, 0.5) is 0 Å². The lowest BCUT2D eigenvalue weighted by Crippen LogP contribution is -1.82. The maximum absolute atomic E-state index is 8.54. The minimum absolute atomic E-state index is 0.140. The molecule has 2 nitrogen and oxygen atoms in total. The van der Waals surface area contributed by atoms with E-state index in [9.17, 15) is 0 Å². The van der Waals surface area contributed by atoms with Gasteiger partial charge in [-0.1, -0.05) is 18.2 Å². The van der Waals surface area contributed by atoms with Crippen molar-refractivity contribution < 1.29 is 10.2 Å². The average Bonchev–Trinajstić information content (AvgIpc) is 2.04. The van der Waals surface area contributed by atoms with Gasteiger partial charge in [-0.05, 0) is 19.4 Å². The van der Waals surface area contributed by atoms with E-state index in [1.165, 1.54) is 0 Å². The Morgan fingerprint density at radius 2 is 1.80 bits per heavy atom. The zero-order valence-electron chi connectivity index (χ0n) is 6.83. The predicted molar refractivity (Wildman–Crippen MR) is 43.8 cm³/mol. The highest BCUT2D eigenvalue weighted by atomic mass is 16.3. The van der Waals surface area contributed by atoms with Crippen LogP contribution in [0.3, 0.4) is 0 Å².